The van der Waals surface area contributed by atoms with E-state index in [0.717, 1.165) is 29.3 Å². The number of fused-ring (bicyclic) bond motifs is 1. The number of hydrogen-bond donors (Lipinski definition) is 1. The number of nitriles is 1. The highest BCUT2D eigenvalue weighted by atomic mass is 35.5. The summed E-state index contributed by atoms with van der Waals surface area (Å²) in [6.07, 6.45) is 13.2. The van der Waals surface area contributed by atoms with Gasteiger partial charge in [-0.05, 0) is 18.9 Å². The Morgan fingerprint density at radius 1 is 1.33 bits per heavy atom. The number of aromatic nitrogens is 1. The molecular weight excluding hydrogens is 418 g/mol. The number of halogens is 1. The van der Waals surface area contributed by atoms with Gasteiger partial charge in [-0.3, -0.25) is 15.1 Å². The Kier molecular flexibility index (Phi) is 11.4. The zero-order valence-corrected chi connectivity index (χ0v) is 19.4. The molecule has 6 nitrogen and oxygen atoms in total. The monoisotopic (exact) mass is 445 g/mol. The fourth-order valence-corrected chi connectivity index (χ4v) is 3.60. The highest BCUT2D eigenvalue weighted by Gasteiger charge is 2.19. The van der Waals surface area contributed by atoms with Gasteiger partial charge in [0.25, 0.3) is 5.91 Å². The molecule has 0 aliphatic carbocycles. The highest BCUT2D eigenvalue weighted by Crippen LogP contribution is 2.34. The van der Waals surface area contributed by atoms with Crippen molar-refractivity contribution in [2.24, 2.45) is 0 Å². The van der Waals surface area contributed by atoms with Crippen LogP contribution < -0.4 is 4.90 Å². The van der Waals surface area contributed by atoms with Crippen LogP contribution in [0, 0.1) is 16.7 Å². The van der Waals surface area contributed by atoms with Gasteiger partial charge >= 0.3 is 0 Å². The van der Waals surface area contributed by atoms with E-state index in [1.807, 2.05) is 38.1 Å². The molecule has 0 fully saturated rings. The summed E-state index contributed by atoms with van der Waals surface area (Å²) < 4.78 is 0.834. The van der Waals surface area contributed by atoms with Crippen LogP contribution in [0.3, 0.4) is 0 Å². The lowest BCUT2D eigenvalue weighted by atomic mass is 10.2. The third-order valence-corrected chi connectivity index (χ3v) is 5.14. The third-order valence-electron chi connectivity index (χ3n) is 3.90. The molecule has 0 aliphatic rings. The lowest BCUT2D eigenvalue weighted by Gasteiger charge is -2.14. The Hall–Kier alpha value is -2.69. The average Bonchev–Trinajstić information content (AvgIpc) is 3.18. The zero-order valence-electron chi connectivity index (χ0n) is 17.9. The molecule has 0 aromatic carbocycles. The number of rotatable bonds is 8. The molecule has 2 aromatic rings. The smallest absolute Gasteiger partial charge is 0.273 e. The summed E-state index contributed by atoms with van der Waals surface area (Å²) in [7, 11) is 3.68. The van der Waals surface area contributed by atoms with Crippen LogP contribution in [0.2, 0.25) is 0 Å². The molecule has 160 valence electrons. The Morgan fingerprint density at radius 3 is 2.60 bits per heavy atom. The SMILES string of the molecule is CC/C=C/N(C=N)C(=O)c1cc2c(N(C)C)c(C#N)ncc2s1.CCC/C=C\CCl. The second-order valence-electron chi connectivity index (χ2n) is 6.40. The van der Waals surface area contributed by atoms with Crippen molar-refractivity contribution in [1.29, 1.82) is 10.7 Å². The molecule has 0 saturated heterocycles. The van der Waals surface area contributed by atoms with Crippen LogP contribution in [0.1, 0.15) is 48.5 Å². The van der Waals surface area contributed by atoms with Gasteiger partial charge < -0.3 is 4.90 Å². The van der Waals surface area contributed by atoms with E-state index in [1.165, 1.54) is 22.7 Å². The first-order valence-electron chi connectivity index (χ1n) is 9.65. The van der Waals surface area contributed by atoms with Gasteiger partial charge in [0.05, 0.1) is 21.6 Å². The number of thiophene rings is 1. The minimum absolute atomic E-state index is 0.269. The van der Waals surface area contributed by atoms with E-state index in [4.69, 9.17) is 17.0 Å². The molecule has 1 amide bonds. The molecule has 2 aromatic heterocycles. The predicted octanol–water partition coefficient (Wildman–Crippen LogP) is 5.79. The number of unbranched alkanes of at least 4 members (excludes halogenated alkanes) is 1. The second-order valence-corrected chi connectivity index (χ2v) is 7.79. The molecular formula is C22H28ClN5OS. The molecule has 1 N–H and O–H groups in total. The molecule has 8 heteroatoms. The van der Waals surface area contributed by atoms with E-state index in [-0.39, 0.29) is 5.91 Å². The lowest BCUT2D eigenvalue weighted by Crippen LogP contribution is -2.22. The standard InChI is InChI=1S/C16H17N5OS.C6H11Cl/c1-4-5-6-21(10-18)16(22)13-7-11-14(23-13)9-19-12(8-17)15(11)20(2)3;1-2-3-4-5-6-7/h5-7,9-10,18H,4H2,1-3H3;4-5H,2-3,6H2,1H3/b6-5+,18-10?;5-4-. The van der Waals surface area contributed by atoms with Crippen LogP contribution in [-0.2, 0) is 0 Å². The summed E-state index contributed by atoms with van der Waals surface area (Å²) >= 11 is 6.66. The van der Waals surface area contributed by atoms with Crippen molar-refractivity contribution in [3.8, 4) is 6.07 Å². The molecule has 0 atom stereocenters. The van der Waals surface area contributed by atoms with Gasteiger partial charge in [0.1, 0.15) is 6.07 Å². The fourth-order valence-electron chi connectivity index (χ4n) is 2.50. The summed E-state index contributed by atoms with van der Waals surface area (Å²) in [6, 6.07) is 3.84. The maximum absolute atomic E-state index is 12.5. The van der Waals surface area contributed by atoms with Crippen molar-refractivity contribution >= 4 is 51.0 Å². The van der Waals surface area contributed by atoms with Crippen LogP contribution >= 0.6 is 22.9 Å². The van der Waals surface area contributed by atoms with Crippen molar-refractivity contribution < 1.29 is 4.79 Å². The summed E-state index contributed by atoms with van der Waals surface area (Å²) in [4.78, 5) is 20.2. The molecule has 0 aliphatic heterocycles. The summed E-state index contributed by atoms with van der Waals surface area (Å²) in [5.74, 6) is 0.383. The van der Waals surface area contributed by atoms with Crippen molar-refractivity contribution in [2.75, 3.05) is 24.9 Å². The normalized spacial score (nSPS) is 10.7. The van der Waals surface area contributed by atoms with E-state index < -0.39 is 0 Å². The van der Waals surface area contributed by atoms with Gasteiger partial charge in [0.2, 0.25) is 0 Å². The molecule has 2 rings (SSSR count). The van der Waals surface area contributed by atoms with Crippen LogP contribution in [-0.4, -0.2) is 42.1 Å². The molecule has 2 heterocycles. The predicted molar refractivity (Wildman–Crippen MR) is 128 cm³/mol. The minimum Gasteiger partial charge on any atom is -0.375 e. The number of allylic oxidation sites excluding steroid dienone is 3. The topological polar surface area (TPSA) is 84.1 Å². The number of anilines is 1. The Balaban J connectivity index is 0.000000553. The van der Waals surface area contributed by atoms with Gasteiger partial charge in [0.15, 0.2) is 5.69 Å². The molecule has 0 saturated carbocycles. The van der Waals surface area contributed by atoms with Gasteiger partial charge in [-0.15, -0.1) is 22.9 Å². The number of pyridine rings is 1. The number of nitrogens with one attached hydrogen (secondary N) is 1. The van der Waals surface area contributed by atoms with E-state index in [2.05, 4.69) is 24.1 Å². The quantitative estimate of drug-likeness (QED) is 0.241. The molecule has 30 heavy (non-hydrogen) atoms. The van der Waals surface area contributed by atoms with E-state index in [1.54, 1.807) is 18.5 Å². The molecule has 0 radical (unpaired) electrons. The number of carbonyl (C=O) groups excluding carboxylic acids is 1. The Morgan fingerprint density at radius 2 is 2.07 bits per heavy atom. The van der Waals surface area contributed by atoms with E-state index >= 15 is 0 Å². The maximum Gasteiger partial charge on any atom is 0.273 e. The van der Waals surface area contributed by atoms with Crippen molar-refractivity contribution in [2.45, 2.75) is 33.1 Å². The van der Waals surface area contributed by atoms with Crippen molar-refractivity contribution in [3.05, 3.63) is 47.3 Å². The largest absolute Gasteiger partial charge is 0.375 e. The van der Waals surface area contributed by atoms with Crippen LogP contribution in [0.4, 0.5) is 5.69 Å². The number of hydrogen-bond acceptors (Lipinski definition) is 6. The first-order chi connectivity index (χ1) is 14.4. The summed E-state index contributed by atoms with van der Waals surface area (Å²) in [5.41, 5.74) is 1.03. The summed E-state index contributed by atoms with van der Waals surface area (Å²) in [5, 5.41) is 17.4. The van der Waals surface area contributed by atoms with Gasteiger partial charge in [-0.2, -0.15) is 5.26 Å². The molecule has 0 bridgehead atoms. The van der Waals surface area contributed by atoms with Gasteiger partial charge in [-0.25, -0.2) is 4.98 Å². The molecule has 0 spiro atoms. The Labute approximate surface area is 187 Å². The molecule has 0 unspecified atom stereocenters. The zero-order chi connectivity index (χ0) is 22.5. The lowest BCUT2D eigenvalue weighted by molar-refractivity contribution is 0.0895. The van der Waals surface area contributed by atoms with Crippen LogP contribution in [0.15, 0.2) is 36.7 Å². The van der Waals surface area contributed by atoms with Gasteiger partial charge in [0, 0.05) is 37.8 Å². The van der Waals surface area contributed by atoms with Gasteiger partial charge in [-0.1, -0.05) is 38.5 Å². The average molecular weight is 446 g/mol. The van der Waals surface area contributed by atoms with Crippen LogP contribution in [0.5, 0.6) is 0 Å². The maximum atomic E-state index is 12.5. The van der Waals surface area contributed by atoms with E-state index in [9.17, 15) is 10.1 Å². The van der Waals surface area contributed by atoms with E-state index in [0.29, 0.717) is 22.1 Å². The third kappa shape index (κ3) is 6.97. The first kappa shape index (κ1) is 25.3. The highest BCUT2D eigenvalue weighted by molar-refractivity contribution is 7.20. The van der Waals surface area contributed by atoms with Crippen molar-refractivity contribution in [3.63, 3.8) is 0 Å². The van der Waals surface area contributed by atoms with Crippen molar-refractivity contribution in [1.82, 2.24) is 9.88 Å². The second kappa shape index (κ2) is 13.5. The Bertz CT molecular complexity index is 943. The van der Waals surface area contributed by atoms with Crippen LogP contribution in [0.25, 0.3) is 10.1 Å². The number of carbonyl (C=O) groups is 1. The number of nitrogens with zero attached hydrogens (tertiary/aromatic N) is 4. The minimum atomic E-state index is -0.269. The summed E-state index contributed by atoms with van der Waals surface area (Å²) in [6.45, 7) is 4.11. The number of alkyl halides is 1. The number of amides is 1. The first-order valence-corrected chi connectivity index (χ1v) is 11.0. The fraction of sp³-hybridized carbons (Fsp3) is 0.364.